The van der Waals surface area contributed by atoms with E-state index in [0.717, 1.165) is 27.3 Å². The summed E-state index contributed by atoms with van der Waals surface area (Å²) in [6, 6.07) is 24.0. The van der Waals surface area contributed by atoms with E-state index in [9.17, 15) is 4.79 Å². The molecule has 242 valence electrons. The molecule has 4 nitrogen and oxygen atoms in total. The minimum absolute atomic E-state index is 0.331. The second-order valence-corrected chi connectivity index (χ2v) is 25.3. The average Bonchev–Trinajstić information content (AvgIpc) is 2.97. The second kappa shape index (κ2) is 13.7. The molecule has 6 heteroatoms. The molecule has 4 rings (SSSR count). The summed E-state index contributed by atoms with van der Waals surface area (Å²) >= 11 is 0. The van der Waals surface area contributed by atoms with Gasteiger partial charge in [-0.2, -0.15) is 0 Å². The van der Waals surface area contributed by atoms with E-state index in [1.54, 1.807) is 0 Å². The lowest BCUT2D eigenvalue weighted by Crippen LogP contribution is -2.51. The number of rotatable bonds is 12. The van der Waals surface area contributed by atoms with E-state index in [1.165, 1.54) is 0 Å². The first-order valence-electron chi connectivity index (χ1n) is 16.8. The molecule has 0 spiro atoms. The van der Waals surface area contributed by atoms with Gasteiger partial charge in [-0.15, -0.1) is 0 Å². The summed E-state index contributed by atoms with van der Waals surface area (Å²) in [6.45, 7) is 27.4. The number of ether oxygens (including phenoxy) is 1. The van der Waals surface area contributed by atoms with Crippen LogP contribution in [0.1, 0.15) is 93.4 Å². The maximum Gasteiger partial charge on any atom is 0.347 e. The van der Waals surface area contributed by atoms with Crippen LogP contribution in [-0.4, -0.2) is 22.6 Å². The summed E-state index contributed by atoms with van der Waals surface area (Å²) in [5.74, 6) is 1.48. The van der Waals surface area contributed by atoms with Crippen molar-refractivity contribution in [3.8, 4) is 17.2 Å². The molecule has 0 unspecified atom stereocenters. The van der Waals surface area contributed by atoms with E-state index in [4.69, 9.17) is 13.6 Å². The minimum Gasteiger partial charge on any atom is -0.542 e. The average molecular weight is 643 g/mol. The lowest BCUT2D eigenvalue weighted by Gasteiger charge is -2.44. The molecular formula is C39H54O4Si2. The molecule has 0 heterocycles. The highest BCUT2D eigenvalue weighted by molar-refractivity contribution is 6.79. The van der Waals surface area contributed by atoms with Crippen molar-refractivity contribution in [3.63, 3.8) is 0 Å². The van der Waals surface area contributed by atoms with Gasteiger partial charge in [-0.1, -0.05) is 144 Å². The Morgan fingerprint density at radius 2 is 0.956 bits per heavy atom. The number of esters is 1. The zero-order chi connectivity index (χ0) is 33.3. The Kier molecular flexibility index (Phi) is 10.6. The highest BCUT2D eigenvalue weighted by Crippen LogP contribution is 2.49. The molecule has 0 N–H and O–H groups in total. The van der Waals surface area contributed by atoms with Crippen molar-refractivity contribution in [1.82, 2.24) is 0 Å². The first kappa shape index (κ1) is 34.8. The molecule has 0 aliphatic carbocycles. The second-order valence-electron chi connectivity index (χ2n) is 14.5. The van der Waals surface area contributed by atoms with E-state index in [2.05, 4.69) is 101 Å². The van der Waals surface area contributed by atoms with Gasteiger partial charge < -0.3 is 13.6 Å². The fourth-order valence-electron chi connectivity index (χ4n) is 8.18. The lowest BCUT2D eigenvalue weighted by molar-refractivity contribution is 0.0734. The largest absolute Gasteiger partial charge is 0.542 e. The molecule has 0 amide bonds. The maximum absolute atomic E-state index is 14.5. The standard InChI is InChI=1S/C39H54O4Si2/c1-25(2)44(26(3)4,27(5)6)42-37-24-35(39(40)41-36-23-17-19-31-18-13-14-20-32(31)36)38(34-22-16-15-21-33(34)37)43-45(28(7)8,29(9)10)30(11)12/h13-30H,1-12H3. The van der Waals surface area contributed by atoms with Crippen LogP contribution in [0.15, 0.2) is 72.8 Å². The Morgan fingerprint density at radius 1 is 0.511 bits per heavy atom. The van der Waals surface area contributed by atoms with Crippen LogP contribution in [0.2, 0.25) is 33.2 Å². The van der Waals surface area contributed by atoms with Crippen molar-refractivity contribution in [3.05, 3.63) is 78.4 Å². The van der Waals surface area contributed by atoms with Crippen LogP contribution in [0.5, 0.6) is 17.2 Å². The van der Waals surface area contributed by atoms with E-state index < -0.39 is 22.6 Å². The molecule has 0 saturated heterocycles. The van der Waals surface area contributed by atoms with Crippen molar-refractivity contribution >= 4 is 44.1 Å². The highest BCUT2D eigenvalue weighted by atomic mass is 28.4. The number of hydrogen-bond donors (Lipinski definition) is 0. The van der Waals surface area contributed by atoms with Gasteiger partial charge in [-0.25, -0.2) is 4.79 Å². The zero-order valence-corrected chi connectivity index (χ0v) is 31.5. The third-order valence-corrected chi connectivity index (χ3v) is 22.1. The predicted molar refractivity (Wildman–Crippen MR) is 196 cm³/mol. The Balaban J connectivity index is 2.03. The maximum atomic E-state index is 14.5. The molecule has 0 aliphatic rings. The van der Waals surface area contributed by atoms with Gasteiger partial charge >= 0.3 is 5.97 Å². The Hall–Kier alpha value is -3.10. The number of fused-ring (bicyclic) bond motifs is 2. The van der Waals surface area contributed by atoms with Crippen LogP contribution in [0, 0.1) is 0 Å². The van der Waals surface area contributed by atoms with Crippen molar-refractivity contribution in [1.29, 1.82) is 0 Å². The van der Waals surface area contributed by atoms with Gasteiger partial charge in [0.2, 0.25) is 0 Å². The smallest absolute Gasteiger partial charge is 0.347 e. The summed E-state index contributed by atoms with van der Waals surface area (Å²) in [5.41, 5.74) is 2.55. The van der Waals surface area contributed by atoms with E-state index in [0.29, 0.717) is 50.3 Å². The van der Waals surface area contributed by atoms with Gasteiger partial charge in [-0.05, 0) is 50.8 Å². The van der Waals surface area contributed by atoms with Crippen LogP contribution in [0.4, 0.5) is 0 Å². The summed E-state index contributed by atoms with van der Waals surface area (Å²) < 4.78 is 21.0. The monoisotopic (exact) mass is 642 g/mol. The van der Waals surface area contributed by atoms with Gasteiger partial charge in [0.05, 0.1) is 0 Å². The molecule has 45 heavy (non-hydrogen) atoms. The van der Waals surface area contributed by atoms with E-state index in [1.807, 2.05) is 54.6 Å². The van der Waals surface area contributed by atoms with E-state index >= 15 is 0 Å². The van der Waals surface area contributed by atoms with Crippen LogP contribution in [0.25, 0.3) is 21.5 Å². The molecule has 0 saturated carbocycles. The quantitative estimate of drug-likeness (QED) is 0.0876. The van der Waals surface area contributed by atoms with Crippen LogP contribution in [-0.2, 0) is 0 Å². The van der Waals surface area contributed by atoms with Gasteiger partial charge in [0.1, 0.15) is 22.8 Å². The summed E-state index contributed by atoms with van der Waals surface area (Å²) in [6.07, 6.45) is 0. The van der Waals surface area contributed by atoms with Crippen molar-refractivity contribution in [2.24, 2.45) is 0 Å². The molecule has 0 bridgehead atoms. The first-order valence-corrected chi connectivity index (χ1v) is 21.1. The molecule has 0 aliphatic heterocycles. The van der Waals surface area contributed by atoms with Crippen molar-refractivity contribution < 1.29 is 18.4 Å². The van der Waals surface area contributed by atoms with E-state index in [-0.39, 0.29) is 0 Å². The van der Waals surface area contributed by atoms with Gasteiger partial charge in [0, 0.05) is 16.2 Å². The third-order valence-electron chi connectivity index (χ3n) is 10.1. The number of carbonyl (C=O) groups is 1. The summed E-state index contributed by atoms with van der Waals surface area (Å²) in [4.78, 5) is 14.5. The fourth-order valence-corrected chi connectivity index (χ4v) is 18.7. The van der Waals surface area contributed by atoms with Crippen LogP contribution in [0.3, 0.4) is 0 Å². The molecule has 0 atom stereocenters. The molecular weight excluding hydrogens is 589 g/mol. The number of carbonyl (C=O) groups excluding carboxylic acids is 1. The Bertz CT molecular complexity index is 1590. The molecule has 0 radical (unpaired) electrons. The van der Waals surface area contributed by atoms with Crippen LogP contribution < -0.4 is 13.6 Å². The Morgan fingerprint density at radius 3 is 1.49 bits per heavy atom. The van der Waals surface area contributed by atoms with Crippen LogP contribution >= 0.6 is 0 Å². The van der Waals surface area contributed by atoms with Crippen molar-refractivity contribution in [2.45, 2.75) is 116 Å². The minimum atomic E-state index is -2.46. The van der Waals surface area contributed by atoms with Gasteiger partial charge in [-0.3, -0.25) is 0 Å². The van der Waals surface area contributed by atoms with Gasteiger partial charge in [0.15, 0.2) is 0 Å². The molecule has 4 aromatic rings. The normalized spacial score (nSPS) is 12.8. The van der Waals surface area contributed by atoms with Crippen molar-refractivity contribution in [2.75, 3.05) is 0 Å². The SMILES string of the molecule is CC(C)[Si](Oc1cc(C(=O)Oc2cccc3ccccc23)c(O[Si](C(C)C)(C(C)C)C(C)C)c2ccccc12)(C(C)C)C(C)C. The number of hydrogen-bond acceptors (Lipinski definition) is 4. The van der Waals surface area contributed by atoms with Gasteiger partial charge in [0.25, 0.3) is 16.6 Å². The highest BCUT2D eigenvalue weighted by Gasteiger charge is 2.49. The lowest BCUT2D eigenvalue weighted by atomic mass is 10.0. The fraction of sp³-hybridized carbons (Fsp3) is 0.462. The molecule has 0 fully saturated rings. The summed E-state index contributed by atoms with van der Waals surface area (Å²) in [5, 5.41) is 3.80. The zero-order valence-electron chi connectivity index (χ0n) is 29.5. The first-order chi connectivity index (χ1) is 21.2. The molecule has 4 aromatic carbocycles. The molecule has 0 aromatic heterocycles. The Labute approximate surface area is 273 Å². The third kappa shape index (κ3) is 6.33. The predicted octanol–water partition coefficient (Wildman–Crippen LogP) is 12.3. The topological polar surface area (TPSA) is 44.8 Å². The summed E-state index contributed by atoms with van der Waals surface area (Å²) in [7, 11) is -4.81. The number of benzene rings is 4.